The van der Waals surface area contributed by atoms with Crippen molar-refractivity contribution in [1.82, 2.24) is 0 Å². The van der Waals surface area contributed by atoms with E-state index < -0.39 is 7.60 Å². The average molecular weight is 199 g/mol. The first-order chi connectivity index (χ1) is 5.33. The summed E-state index contributed by atoms with van der Waals surface area (Å²) in [6.45, 7) is 5.25. The zero-order valence-electron chi connectivity index (χ0n) is 7.82. The molecule has 0 aliphatic heterocycles. The lowest BCUT2D eigenvalue weighted by Gasteiger charge is -2.19. The van der Waals surface area contributed by atoms with Gasteiger partial charge in [-0.1, -0.05) is 0 Å². The third-order valence-electron chi connectivity index (χ3n) is 0.560. The van der Waals surface area contributed by atoms with E-state index in [4.69, 9.17) is 5.11 Å². The fraction of sp³-hybridized carbons (Fsp3) is 1.00. The van der Waals surface area contributed by atoms with Crippen LogP contribution >= 0.6 is 7.60 Å². The van der Waals surface area contributed by atoms with Gasteiger partial charge in [-0.2, -0.15) is 0 Å². The van der Waals surface area contributed by atoms with Gasteiger partial charge in [0.05, 0.1) is 19.3 Å². The normalized spacial score (nSPS) is 14.9. The number of hydrogen-bond acceptors (Lipinski definition) is 4. The van der Waals surface area contributed by atoms with Crippen molar-refractivity contribution >= 4 is 7.60 Å². The van der Waals surface area contributed by atoms with Crippen LogP contribution in [0.3, 0.4) is 0 Å². The summed E-state index contributed by atoms with van der Waals surface area (Å²) in [6, 6.07) is 0. The van der Waals surface area contributed by atoms with Crippen LogP contribution in [-0.4, -0.2) is 31.0 Å². The molecule has 0 radical (unpaired) electrons. The van der Waals surface area contributed by atoms with Gasteiger partial charge in [0, 0.05) is 6.66 Å². The molecule has 1 unspecified atom stereocenters. The zero-order valence-corrected chi connectivity index (χ0v) is 8.71. The Labute approximate surface area is 73.1 Å². The second-order valence-electron chi connectivity index (χ2n) is 2.50. The quantitative estimate of drug-likeness (QED) is 0.559. The molecule has 0 spiro atoms. The van der Waals surface area contributed by atoms with Crippen molar-refractivity contribution in [3.8, 4) is 0 Å². The number of rotatable bonds is 3. The van der Waals surface area contributed by atoms with E-state index in [1.807, 2.05) is 0 Å². The Balaban J connectivity index is 0. The van der Waals surface area contributed by atoms with E-state index in [-0.39, 0.29) is 12.7 Å². The molecule has 0 fully saturated rings. The van der Waals surface area contributed by atoms with Gasteiger partial charge in [-0.25, -0.2) is 0 Å². The number of hydrogen-bond donors (Lipinski definition) is 2. The molecular formula is C6H18NO4P. The molecule has 5 nitrogen and oxygen atoms in total. The van der Waals surface area contributed by atoms with E-state index in [0.29, 0.717) is 6.54 Å². The van der Waals surface area contributed by atoms with Crippen molar-refractivity contribution in [1.29, 1.82) is 0 Å². The molecule has 0 saturated carbocycles. The summed E-state index contributed by atoms with van der Waals surface area (Å²) in [5.74, 6) is 0. The zero-order chi connectivity index (χ0) is 10.2. The minimum absolute atomic E-state index is 0.208. The Hall–Kier alpha value is 0.0700. The van der Waals surface area contributed by atoms with Crippen molar-refractivity contribution in [3.05, 3.63) is 0 Å². The summed E-state index contributed by atoms with van der Waals surface area (Å²) >= 11 is 0. The standard InChI is InChI=1S/C4H11O3P.C2H7NO/c1-4(2)7-8(3,5)6;3-1-2-4/h4H,1-3H3,(H,5,6);4H,1-3H2. The first-order valence-corrected chi connectivity index (χ1v) is 5.69. The molecule has 76 valence electrons. The third-order valence-corrected chi connectivity index (χ3v) is 1.36. The highest BCUT2D eigenvalue weighted by Crippen LogP contribution is 2.32. The van der Waals surface area contributed by atoms with E-state index in [0.717, 1.165) is 6.66 Å². The van der Waals surface area contributed by atoms with Crippen molar-refractivity contribution in [2.75, 3.05) is 19.8 Å². The van der Waals surface area contributed by atoms with Crippen LogP contribution in [0.25, 0.3) is 0 Å². The highest BCUT2D eigenvalue weighted by Gasteiger charge is 2.00. The predicted octanol–water partition coefficient (Wildman–Crippen LogP) is -1.18. The maximum absolute atomic E-state index is 10.2. The molecule has 1 atom stereocenters. The van der Waals surface area contributed by atoms with Crippen LogP contribution in [0, 0.1) is 0 Å². The van der Waals surface area contributed by atoms with Gasteiger partial charge in [0.25, 0.3) is 0 Å². The van der Waals surface area contributed by atoms with Crippen molar-refractivity contribution in [2.45, 2.75) is 20.0 Å². The molecule has 0 saturated heterocycles. The highest BCUT2D eigenvalue weighted by atomic mass is 31.2. The van der Waals surface area contributed by atoms with E-state index >= 15 is 0 Å². The van der Waals surface area contributed by atoms with Gasteiger partial charge in [0.2, 0.25) is 0 Å². The van der Waals surface area contributed by atoms with Crippen LogP contribution in [0.1, 0.15) is 13.8 Å². The minimum atomic E-state index is -3.47. The predicted molar refractivity (Wildman–Crippen MR) is 44.6 cm³/mol. The van der Waals surface area contributed by atoms with Crippen LogP contribution in [0.2, 0.25) is 0 Å². The smallest absolute Gasteiger partial charge is 0.132 e. The fourth-order valence-corrected chi connectivity index (χ4v) is 1.15. The first-order valence-electron chi connectivity index (χ1n) is 3.70. The fourth-order valence-electron chi connectivity index (χ4n) is 0.383. The Morgan fingerprint density at radius 3 is 2.00 bits per heavy atom. The lowest BCUT2D eigenvalue weighted by Crippen LogP contribution is -2.51. The minimum Gasteiger partial charge on any atom is -0.779 e. The first kappa shape index (κ1) is 14.6. The third kappa shape index (κ3) is 22.5. The molecule has 0 rings (SSSR count). The molecule has 12 heavy (non-hydrogen) atoms. The van der Waals surface area contributed by atoms with Crippen LogP contribution in [0.4, 0.5) is 0 Å². The summed E-state index contributed by atoms with van der Waals surface area (Å²) in [5, 5.41) is 7.81. The largest absolute Gasteiger partial charge is 0.779 e. The molecular weight excluding hydrogens is 181 g/mol. The van der Waals surface area contributed by atoms with Gasteiger partial charge in [-0.05, 0) is 13.8 Å². The Morgan fingerprint density at radius 2 is 2.00 bits per heavy atom. The lowest BCUT2D eigenvalue weighted by molar-refractivity contribution is -0.372. The maximum Gasteiger partial charge on any atom is 0.132 e. The molecule has 0 bridgehead atoms. The van der Waals surface area contributed by atoms with E-state index in [2.05, 4.69) is 10.3 Å². The Kier molecular flexibility index (Phi) is 9.37. The molecule has 0 aromatic carbocycles. The van der Waals surface area contributed by atoms with Crippen LogP contribution in [-0.2, 0) is 9.09 Å². The van der Waals surface area contributed by atoms with E-state index in [1.165, 1.54) is 0 Å². The molecule has 0 heterocycles. The SMILES string of the molecule is CC(C)OP(C)(=O)[O-].[NH3+]CCO. The Bertz CT molecular complexity index is 132. The van der Waals surface area contributed by atoms with Gasteiger partial charge in [-0.3, -0.25) is 0 Å². The van der Waals surface area contributed by atoms with Crippen LogP contribution < -0.4 is 10.6 Å². The molecule has 6 heteroatoms. The number of aliphatic hydroxyl groups is 1. The summed E-state index contributed by atoms with van der Waals surface area (Å²) in [7, 11) is -3.47. The number of aliphatic hydroxyl groups excluding tert-OH is 1. The van der Waals surface area contributed by atoms with Crippen molar-refractivity contribution < 1.29 is 24.8 Å². The van der Waals surface area contributed by atoms with Gasteiger partial charge < -0.3 is 24.8 Å². The van der Waals surface area contributed by atoms with Crippen LogP contribution in [0.5, 0.6) is 0 Å². The summed E-state index contributed by atoms with van der Waals surface area (Å²) in [4.78, 5) is 10.2. The average Bonchev–Trinajstić information content (AvgIpc) is 1.83. The van der Waals surface area contributed by atoms with Crippen molar-refractivity contribution in [2.24, 2.45) is 0 Å². The van der Waals surface area contributed by atoms with Gasteiger partial charge in [0.1, 0.15) is 7.60 Å². The molecule has 4 N–H and O–H groups in total. The monoisotopic (exact) mass is 199 g/mol. The second-order valence-corrected chi connectivity index (χ2v) is 4.26. The van der Waals surface area contributed by atoms with E-state index in [1.54, 1.807) is 13.8 Å². The molecule has 0 aliphatic carbocycles. The summed E-state index contributed by atoms with van der Waals surface area (Å²) in [6.07, 6.45) is -0.233. The number of quaternary nitrogens is 1. The maximum atomic E-state index is 10.2. The molecule has 0 amide bonds. The lowest BCUT2D eigenvalue weighted by atomic mass is 10.5. The molecule has 0 aliphatic rings. The molecule has 0 aromatic rings. The Morgan fingerprint density at radius 1 is 1.67 bits per heavy atom. The molecule has 0 aromatic heterocycles. The topological polar surface area (TPSA) is 97.2 Å². The van der Waals surface area contributed by atoms with Crippen LogP contribution in [0.15, 0.2) is 0 Å². The van der Waals surface area contributed by atoms with E-state index in [9.17, 15) is 9.46 Å². The van der Waals surface area contributed by atoms with Gasteiger partial charge in [-0.15, -0.1) is 0 Å². The van der Waals surface area contributed by atoms with Gasteiger partial charge in [0.15, 0.2) is 0 Å². The van der Waals surface area contributed by atoms with Gasteiger partial charge >= 0.3 is 0 Å². The second kappa shape index (κ2) is 7.71. The summed E-state index contributed by atoms with van der Waals surface area (Å²) in [5.41, 5.74) is 3.35. The van der Waals surface area contributed by atoms with Crippen molar-refractivity contribution in [3.63, 3.8) is 0 Å². The summed E-state index contributed by atoms with van der Waals surface area (Å²) < 4.78 is 14.7. The highest BCUT2D eigenvalue weighted by molar-refractivity contribution is 7.50.